The van der Waals surface area contributed by atoms with E-state index in [1.165, 1.54) is 37.2 Å². The number of likely N-dealkylation sites (N-methyl/N-ethyl adjacent to an activating group) is 1. The SMILES string of the molecule is CC(=O)N(C)c1ncc(C#Cc2cccc(CC(=O)Nc3ccc(CN4CC[C@H](N(C)C)C4)c(C(F)(F)F)c3)c2)c(-c2cc3c(n2C)CCN(C(=O)OC(C)(C)C)C3=O)n1. The molecule has 2 aromatic heterocycles. The zero-order chi connectivity index (χ0) is 43.7. The summed E-state index contributed by atoms with van der Waals surface area (Å²) in [6.45, 7) is 8.22. The lowest BCUT2D eigenvalue weighted by atomic mass is 10.0. The average Bonchev–Trinajstić information content (AvgIpc) is 3.78. The third-order valence-corrected chi connectivity index (χ3v) is 10.5. The maximum atomic E-state index is 14.2. The first-order valence-electron chi connectivity index (χ1n) is 19.5. The number of fused-ring (bicyclic) bond motifs is 1. The number of hydrogen-bond acceptors (Lipinski definition) is 9. The number of benzene rings is 2. The molecule has 316 valence electrons. The van der Waals surface area contributed by atoms with Crippen LogP contribution in [0.5, 0.6) is 0 Å². The molecular formula is C44H49F3N8O5. The minimum absolute atomic E-state index is 0.0487. The largest absolute Gasteiger partial charge is 0.443 e. The van der Waals surface area contributed by atoms with E-state index in [9.17, 15) is 32.3 Å². The van der Waals surface area contributed by atoms with Gasteiger partial charge in [-0.3, -0.25) is 24.2 Å². The first-order chi connectivity index (χ1) is 28.2. The average molecular weight is 827 g/mol. The summed E-state index contributed by atoms with van der Waals surface area (Å²) in [6, 6.07) is 12.7. The number of nitrogens with zero attached hydrogens (tertiary/aromatic N) is 7. The Morgan fingerprint density at radius 1 is 1.02 bits per heavy atom. The van der Waals surface area contributed by atoms with Crippen LogP contribution in [0.1, 0.15) is 78.0 Å². The maximum Gasteiger partial charge on any atom is 0.417 e. The summed E-state index contributed by atoms with van der Waals surface area (Å²) in [4.78, 5) is 67.4. The van der Waals surface area contributed by atoms with Crippen LogP contribution in [0.4, 0.5) is 29.6 Å². The quantitative estimate of drug-likeness (QED) is 0.208. The van der Waals surface area contributed by atoms with Crippen LogP contribution < -0.4 is 10.2 Å². The maximum absolute atomic E-state index is 14.2. The third kappa shape index (κ3) is 10.0. The molecular weight excluding hydrogens is 778 g/mol. The van der Waals surface area contributed by atoms with E-state index in [1.54, 1.807) is 58.2 Å². The number of anilines is 2. The van der Waals surface area contributed by atoms with E-state index in [0.717, 1.165) is 17.4 Å². The summed E-state index contributed by atoms with van der Waals surface area (Å²) in [5.41, 5.74) is 1.96. The number of alkyl halides is 3. The van der Waals surface area contributed by atoms with Crippen LogP contribution in [0.3, 0.4) is 0 Å². The molecule has 16 heteroatoms. The molecule has 2 aliphatic heterocycles. The summed E-state index contributed by atoms with van der Waals surface area (Å²) in [7, 11) is 7.24. The molecule has 2 aliphatic rings. The summed E-state index contributed by atoms with van der Waals surface area (Å²) in [5.74, 6) is 4.99. The lowest BCUT2D eigenvalue weighted by Crippen LogP contribution is -2.44. The van der Waals surface area contributed by atoms with Gasteiger partial charge in [0.2, 0.25) is 17.8 Å². The van der Waals surface area contributed by atoms with E-state index >= 15 is 0 Å². The smallest absolute Gasteiger partial charge is 0.417 e. The Morgan fingerprint density at radius 2 is 1.77 bits per heavy atom. The fourth-order valence-electron chi connectivity index (χ4n) is 7.24. The van der Waals surface area contributed by atoms with Crippen LogP contribution in [0.25, 0.3) is 11.4 Å². The van der Waals surface area contributed by atoms with Crippen LogP contribution in [0, 0.1) is 11.8 Å². The van der Waals surface area contributed by atoms with Crippen LogP contribution in [0.2, 0.25) is 0 Å². The van der Waals surface area contributed by atoms with Crippen LogP contribution >= 0.6 is 0 Å². The van der Waals surface area contributed by atoms with E-state index in [0.29, 0.717) is 58.8 Å². The van der Waals surface area contributed by atoms with Gasteiger partial charge >= 0.3 is 12.3 Å². The number of aromatic nitrogens is 3. The molecule has 4 heterocycles. The number of likely N-dealkylation sites (tertiary alicyclic amines) is 1. The highest BCUT2D eigenvalue weighted by Crippen LogP contribution is 2.35. The monoisotopic (exact) mass is 826 g/mol. The number of carbonyl (C=O) groups is 4. The predicted octanol–water partition coefficient (Wildman–Crippen LogP) is 6.13. The normalized spacial score (nSPS) is 15.7. The first-order valence-corrected chi connectivity index (χ1v) is 19.5. The van der Waals surface area contributed by atoms with Gasteiger partial charge in [-0.05, 0) is 82.7 Å². The van der Waals surface area contributed by atoms with E-state index < -0.39 is 35.2 Å². The van der Waals surface area contributed by atoms with E-state index in [-0.39, 0.29) is 48.7 Å². The van der Waals surface area contributed by atoms with Crippen molar-refractivity contribution in [2.75, 3.05) is 51.0 Å². The van der Waals surface area contributed by atoms with Gasteiger partial charge < -0.3 is 19.5 Å². The summed E-state index contributed by atoms with van der Waals surface area (Å²) in [6.07, 6.45) is -2.73. The van der Waals surface area contributed by atoms with Gasteiger partial charge in [-0.15, -0.1) is 0 Å². The van der Waals surface area contributed by atoms with Crippen LogP contribution in [0.15, 0.2) is 54.7 Å². The molecule has 2 aromatic carbocycles. The van der Waals surface area contributed by atoms with Gasteiger partial charge in [0.1, 0.15) is 11.3 Å². The number of imide groups is 1. The first kappa shape index (κ1) is 43.5. The molecule has 1 N–H and O–H groups in total. The molecule has 0 spiro atoms. The molecule has 0 bridgehead atoms. The molecule has 0 saturated carbocycles. The van der Waals surface area contributed by atoms with Crippen molar-refractivity contribution < 1.29 is 37.1 Å². The second-order valence-electron chi connectivity index (χ2n) is 16.3. The van der Waals surface area contributed by atoms with E-state index in [2.05, 4.69) is 27.0 Å². The number of halogens is 3. The summed E-state index contributed by atoms with van der Waals surface area (Å²) >= 11 is 0. The lowest BCUT2D eigenvalue weighted by Gasteiger charge is -2.28. The van der Waals surface area contributed by atoms with Crippen molar-refractivity contribution in [2.45, 2.75) is 71.3 Å². The second kappa shape index (κ2) is 17.3. The topological polar surface area (TPSA) is 133 Å². The predicted molar refractivity (Wildman–Crippen MR) is 220 cm³/mol. The van der Waals surface area contributed by atoms with Gasteiger partial charge in [-0.25, -0.2) is 19.7 Å². The minimum atomic E-state index is -4.60. The number of hydrogen-bond donors (Lipinski definition) is 1. The van der Waals surface area contributed by atoms with Gasteiger partial charge in [0.25, 0.3) is 5.91 Å². The van der Waals surface area contributed by atoms with Crippen molar-refractivity contribution in [3.8, 4) is 23.2 Å². The van der Waals surface area contributed by atoms with Gasteiger partial charge in [0.15, 0.2) is 0 Å². The highest BCUT2D eigenvalue weighted by atomic mass is 19.4. The molecule has 60 heavy (non-hydrogen) atoms. The van der Waals surface area contributed by atoms with Crippen molar-refractivity contribution >= 4 is 35.5 Å². The molecule has 4 aromatic rings. The van der Waals surface area contributed by atoms with Gasteiger partial charge in [-0.2, -0.15) is 13.2 Å². The molecule has 0 unspecified atom stereocenters. The Kier molecular flexibility index (Phi) is 12.5. The number of nitrogens with one attached hydrogen (secondary N) is 1. The van der Waals surface area contributed by atoms with Crippen molar-refractivity contribution in [1.29, 1.82) is 0 Å². The van der Waals surface area contributed by atoms with Gasteiger partial charge in [0, 0.05) is 82.8 Å². The number of rotatable bonds is 8. The zero-order valence-corrected chi connectivity index (χ0v) is 35.0. The Bertz CT molecular complexity index is 2390. The van der Waals surface area contributed by atoms with E-state index in [4.69, 9.17) is 9.72 Å². The Morgan fingerprint density at radius 3 is 2.43 bits per heavy atom. The van der Waals surface area contributed by atoms with Crippen molar-refractivity contribution in [1.82, 2.24) is 29.2 Å². The molecule has 13 nitrogen and oxygen atoms in total. The third-order valence-electron chi connectivity index (χ3n) is 10.5. The fourth-order valence-corrected chi connectivity index (χ4v) is 7.24. The minimum Gasteiger partial charge on any atom is -0.443 e. The molecule has 4 amide bonds. The zero-order valence-electron chi connectivity index (χ0n) is 35.0. The standard InChI is InChI=1S/C44H49F3N8O5/c1-27(56)52(7)41-48-24-30(39(50-41)37-23-34-36(53(37)8)17-19-55(40(34)58)42(59)60-43(2,3)4)13-12-28-10-9-11-29(20-28)21-38(57)49-32-15-14-31(35(22-32)44(45,46)47)25-54-18-16-33(26-54)51(5)6/h9-11,14-15,20,22-24,33H,16-19,21,25-26H2,1-8H3,(H,49,57)/t33-/m0/s1. The van der Waals surface area contributed by atoms with Crippen LogP contribution in [-0.2, 0) is 46.9 Å². The number of amides is 4. The molecule has 1 saturated heterocycles. The number of carbonyl (C=O) groups excluding carboxylic acids is 4. The molecule has 0 aliphatic carbocycles. The summed E-state index contributed by atoms with van der Waals surface area (Å²) < 4.78 is 49.9. The highest BCUT2D eigenvalue weighted by molar-refractivity contribution is 6.05. The van der Waals surface area contributed by atoms with Crippen molar-refractivity contribution in [2.24, 2.45) is 7.05 Å². The molecule has 0 radical (unpaired) electrons. The lowest BCUT2D eigenvalue weighted by molar-refractivity contribution is -0.138. The molecule has 1 atom stereocenters. The Hall–Kier alpha value is -6.05. The van der Waals surface area contributed by atoms with Crippen molar-refractivity contribution in [3.05, 3.63) is 93.8 Å². The van der Waals surface area contributed by atoms with Crippen molar-refractivity contribution in [3.63, 3.8) is 0 Å². The van der Waals surface area contributed by atoms with Crippen LogP contribution in [-0.4, -0.2) is 105 Å². The number of ether oxygens (including phenoxy) is 1. The summed E-state index contributed by atoms with van der Waals surface area (Å²) in [5, 5.41) is 2.62. The molecule has 6 rings (SSSR count). The second-order valence-corrected chi connectivity index (χ2v) is 16.3. The van der Waals surface area contributed by atoms with E-state index in [1.807, 2.05) is 23.6 Å². The van der Waals surface area contributed by atoms with Gasteiger partial charge in [0.05, 0.1) is 28.8 Å². The van der Waals surface area contributed by atoms with Gasteiger partial charge in [-0.1, -0.05) is 30.0 Å². The molecule has 1 fully saturated rings. The Balaban J connectivity index is 1.22. The highest BCUT2D eigenvalue weighted by Gasteiger charge is 2.37. The Labute approximate surface area is 347 Å². The fraction of sp³-hybridized carbons (Fsp3) is 0.409.